The van der Waals surface area contributed by atoms with Crippen molar-refractivity contribution < 1.29 is 9.18 Å². The van der Waals surface area contributed by atoms with Crippen LogP contribution in [0.2, 0.25) is 0 Å². The first-order valence-corrected chi connectivity index (χ1v) is 6.76. The van der Waals surface area contributed by atoms with Crippen molar-refractivity contribution in [3.63, 3.8) is 0 Å². The molecule has 1 amide bonds. The van der Waals surface area contributed by atoms with Crippen LogP contribution in [0.1, 0.15) is 23.2 Å². The number of thioether (sulfide) groups is 1. The summed E-state index contributed by atoms with van der Waals surface area (Å²) in [5, 5.41) is 2.86. The summed E-state index contributed by atoms with van der Waals surface area (Å²) in [6.07, 6.45) is 1.89. The molecule has 0 spiro atoms. The molecular weight excluding hydrogens is 239 g/mol. The SMILES string of the molecule is Nc1ccc(F)c(C(=O)NC2CCSCC2)c1. The van der Waals surface area contributed by atoms with Gasteiger partial charge in [0.1, 0.15) is 5.82 Å². The number of nitrogen functional groups attached to an aromatic ring is 1. The molecule has 0 saturated carbocycles. The molecule has 1 aliphatic rings. The Bertz CT molecular complexity index is 419. The lowest BCUT2D eigenvalue weighted by Gasteiger charge is -2.22. The number of hydrogen-bond acceptors (Lipinski definition) is 3. The molecule has 0 atom stereocenters. The van der Waals surface area contributed by atoms with Crippen LogP contribution in [0.15, 0.2) is 18.2 Å². The van der Waals surface area contributed by atoms with Crippen LogP contribution in [0.3, 0.4) is 0 Å². The first-order chi connectivity index (χ1) is 8.16. The van der Waals surface area contributed by atoms with Gasteiger partial charge in [0.25, 0.3) is 5.91 Å². The Morgan fingerprint density at radius 1 is 1.41 bits per heavy atom. The average Bonchev–Trinajstić information content (AvgIpc) is 2.33. The largest absolute Gasteiger partial charge is 0.399 e. The summed E-state index contributed by atoms with van der Waals surface area (Å²) in [6.45, 7) is 0. The maximum absolute atomic E-state index is 13.5. The Morgan fingerprint density at radius 2 is 2.12 bits per heavy atom. The Morgan fingerprint density at radius 3 is 2.82 bits per heavy atom. The number of halogens is 1. The molecule has 17 heavy (non-hydrogen) atoms. The van der Waals surface area contributed by atoms with Gasteiger partial charge >= 0.3 is 0 Å². The van der Waals surface area contributed by atoms with Crippen molar-refractivity contribution in [1.29, 1.82) is 0 Å². The van der Waals surface area contributed by atoms with E-state index in [9.17, 15) is 9.18 Å². The van der Waals surface area contributed by atoms with E-state index in [1.807, 2.05) is 11.8 Å². The summed E-state index contributed by atoms with van der Waals surface area (Å²) >= 11 is 1.88. The number of hydrogen-bond donors (Lipinski definition) is 2. The van der Waals surface area contributed by atoms with E-state index in [-0.39, 0.29) is 17.5 Å². The highest BCUT2D eigenvalue weighted by molar-refractivity contribution is 7.99. The van der Waals surface area contributed by atoms with Crippen LogP contribution < -0.4 is 11.1 Å². The maximum Gasteiger partial charge on any atom is 0.254 e. The molecule has 0 radical (unpaired) electrons. The highest BCUT2D eigenvalue weighted by Gasteiger charge is 2.18. The molecule has 3 nitrogen and oxygen atoms in total. The van der Waals surface area contributed by atoms with Crippen molar-refractivity contribution in [1.82, 2.24) is 5.32 Å². The number of carbonyl (C=O) groups excluding carboxylic acids is 1. The number of rotatable bonds is 2. The van der Waals surface area contributed by atoms with Crippen LogP contribution in [0.5, 0.6) is 0 Å². The number of nitrogens with two attached hydrogens (primary N) is 1. The molecule has 1 aromatic rings. The lowest BCUT2D eigenvalue weighted by Crippen LogP contribution is -2.37. The fourth-order valence-corrected chi connectivity index (χ4v) is 2.93. The summed E-state index contributed by atoms with van der Waals surface area (Å²) in [4.78, 5) is 11.9. The number of benzene rings is 1. The van der Waals surface area contributed by atoms with Gasteiger partial charge in [-0.15, -0.1) is 0 Å². The van der Waals surface area contributed by atoms with Crippen molar-refractivity contribution in [2.24, 2.45) is 0 Å². The minimum absolute atomic E-state index is 0.0308. The summed E-state index contributed by atoms with van der Waals surface area (Å²) in [5.74, 6) is 1.20. The molecule has 2 rings (SSSR count). The lowest BCUT2D eigenvalue weighted by molar-refractivity contribution is 0.0931. The van der Waals surface area contributed by atoms with Gasteiger partial charge in [-0.1, -0.05) is 0 Å². The highest BCUT2D eigenvalue weighted by Crippen LogP contribution is 2.18. The van der Waals surface area contributed by atoms with E-state index in [4.69, 9.17) is 5.73 Å². The second kappa shape index (κ2) is 5.40. The summed E-state index contributed by atoms with van der Waals surface area (Å²) in [7, 11) is 0. The van der Waals surface area contributed by atoms with E-state index in [1.54, 1.807) is 0 Å². The van der Waals surface area contributed by atoms with E-state index >= 15 is 0 Å². The average molecular weight is 254 g/mol. The summed E-state index contributed by atoms with van der Waals surface area (Å²) < 4.78 is 13.5. The summed E-state index contributed by atoms with van der Waals surface area (Å²) in [5.41, 5.74) is 5.98. The van der Waals surface area contributed by atoms with Gasteiger partial charge in [0, 0.05) is 11.7 Å². The van der Waals surface area contributed by atoms with Crippen molar-refractivity contribution in [3.8, 4) is 0 Å². The molecule has 1 heterocycles. The minimum Gasteiger partial charge on any atom is -0.399 e. The Kier molecular flexibility index (Phi) is 3.89. The normalized spacial score (nSPS) is 16.8. The quantitative estimate of drug-likeness (QED) is 0.794. The fourth-order valence-electron chi connectivity index (χ4n) is 1.82. The lowest BCUT2D eigenvalue weighted by atomic mass is 10.1. The van der Waals surface area contributed by atoms with E-state index in [0.29, 0.717) is 5.69 Å². The van der Waals surface area contributed by atoms with Gasteiger partial charge in [-0.3, -0.25) is 4.79 Å². The molecule has 0 unspecified atom stereocenters. The van der Waals surface area contributed by atoms with Crippen LogP contribution in [-0.4, -0.2) is 23.5 Å². The van der Waals surface area contributed by atoms with Gasteiger partial charge in [0.2, 0.25) is 0 Å². The molecule has 1 aliphatic heterocycles. The fraction of sp³-hybridized carbons (Fsp3) is 0.417. The van der Waals surface area contributed by atoms with E-state index in [2.05, 4.69) is 5.32 Å². The van der Waals surface area contributed by atoms with E-state index in [1.165, 1.54) is 18.2 Å². The van der Waals surface area contributed by atoms with Crippen molar-refractivity contribution >= 4 is 23.4 Å². The van der Waals surface area contributed by atoms with Crippen LogP contribution in [0.25, 0.3) is 0 Å². The van der Waals surface area contributed by atoms with Crippen LogP contribution in [0.4, 0.5) is 10.1 Å². The third kappa shape index (κ3) is 3.12. The molecule has 3 N–H and O–H groups in total. The van der Waals surface area contributed by atoms with Gasteiger partial charge in [0.15, 0.2) is 0 Å². The van der Waals surface area contributed by atoms with Crippen molar-refractivity contribution in [3.05, 3.63) is 29.6 Å². The number of amides is 1. The Labute approximate surface area is 104 Å². The molecule has 0 aromatic heterocycles. The van der Waals surface area contributed by atoms with E-state index in [0.717, 1.165) is 24.3 Å². The zero-order valence-electron chi connectivity index (χ0n) is 9.41. The number of nitrogens with one attached hydrogen (secondary N) is 1. The molecule has 0 bridgehead atoms. The molecule has 0 aliphatic carbocycles. The third-order valence-corrected chi connectivity index (χ3v) is 3.84. The van der Waals surface area contributed by atoms with Gasteiger partial charge in [-0.05, 0) is 42.5 Å². The van der Waals surface area contributed by atoms with Gasteiger partial charge < -0.3 is 11.1 Å². The number of anilines is 1. The molecule has 92 valence electrons. The predicted molar refractivity (Wildman–Crippen MR) is 68.6 cm³/mol. The van der Waals surface area contributed by atoms with Gasteiger partial charge in [0.05, 0.1) is 5.56 Å². The molecular formula is C12H15FN2OS. The first-order valence-electron chi connectivity index (χ1n) is 5.60. The Hall–Kier alpha value is -1.23. The number of carbonyl (C=O) groups is 1. The minimum atomic E-state index is -0.526. The van der Waals surface area contributed by atoms with Crippen molar-refractivity contribution in [2.75, 3.05) is 17.2 Å². The zero-order valence-corrected chi connectivity index (χ0v) is 10.2. The highest BCUT2D eigenvalue weighted by atomic mass is 32.2. The third-order valence-electron chi connectivity index (χ3n) is 2.79. The molecule has 5 heteroatoms. The van der Waals surface area contributed by atoms with Gasteiger partial charge in [-0.25, -0.2) is 4.39 Å². The zero-order chi connectivity index (χ0) is 12.3. The molecule has 1 aromatic carbocycles. The summed E-state index contributed by atoms with van der Waals surface area (Å²) in [6, 6.07) is 4.21. The molecule has 1 saturated heterocycles. The van der Waals surface area contributed by atoms with Crippen LogP contribution >= 0.6 is 11.8 Å². The standard InChI is InChI=1S/C12H15FN2OS/c13-11-2-1-8(14)7-10(11)12(16)15-9-3-5-17-6-4-9/h1-2,7,9H,3-6,14H2,(H,15,16). The first kappa shape index (κ1) is 12.2. The second-order valence-electron chi connectivity index (χ2n) is 4.10. The van der Waals surface area contributed by atoms with Crippen molar-refractivity contribution in [2.45, 2.75) is 18.9 Å². The maximum atomic E-state index is 13.5. The smallest absolute Gasteiger partial charge is 0.254 e. The Balaban J connectivity index is 2.05. The second-order valence-corrected chi connectivity index (χ2v) is 5.32. The predicted octanol–water partition coefficient (Wildman–Crippen LogP) is 2.03. The van der Waals surface area contributed by atoms with E-state index < -0.39 is 5.82 Å². The topological polar surface area (TPSA) is 55.1 Å². The molecule has 1 fully saturated rings. The monoisotopic (exact) mass is 254 g/mol. The van der Waals surface area contributed by atoms with Crippen LogP contribution in [0, 0.1) is 5.82 Å². The van der Waals surface area contributed by atoms with Crippen LogP contribution in [-0.2, 0) is 0 Å². The van der Waals surface area contributed by atoms with Gasteiger partial charge in [-0.2, -0.15) is 11.8 Å².